The number of hydrogen-bond donors (Lipinski definition) is 2. The Morgan fingerprint density at radius 3 is 2.19 bits per heavy atom. The lowest BCUT2D eigenvalue weighted by Gasteiger charge is -2.36. The Balaban J connectivity index is 0.000000385. The number of halogens is 1. The molecule has 3 nitrogen and oxygen atoms in total. The molecule has 0 saturated heterocycles. The summed E-state index contributed by atoms with van der Waals surface area (Å²) in [5.41, 5.74) is 10.6. The Kier molecular flexibility index (Phi) is 13.7. The minimum absolute atomic E-state index is 0.0284. The van der Waals surface area contributed by atoms with Crippen molar-refractivity contribution >= 4 is 5.57 Å². The van der Waals surface area contributed by atoms with Crippen LogP contribution in [0.2, 0.25) is 0 Å². The van der Waals surface area contributed by atoms with E-state index in [0.29, 0.717) is 4.48 Å². The first-order valence-corrected chi connectivity index (χ1v) is 15.5. The van der Waals surface area contributed by atoms with E-state index in [1.165, 1.54) is 51.0 Å². The third-order valence-electron chi connectivity index (χ3n) is 7.67. The zero-order valence-corrected chi connectivity index (χ0v) is 27.9. The van der Waals surface area contributed by atoms with Crippen LogP contribution in [0.1, 0.15) is 70.2 Å². The molecule has 1 heterocycles. The van der Waals surface area contributed by atoms with Crippen LogP contribution in [-0.2, 0) is 13.0 Å². The van der Waals surface area contributed by atoms with Crippen LogP contribution in [0.4, 0.5) is 4.39 Å². The van der Waals surface area contributed by atoms with Gasteiger partial charge in [-0.1, -0.05) is 102 Å². The van der Waals surface area contributed by atoms with E-state index in [1.54, 1.807) is 0 Å². The monoisotopic (exact) mass is 582 g/mol. The maximum Gasteiger partial charge on any atom is 0.206 e. The number of rotatable bonds is 8. The first-order valence-electron chi connectivity index (χ1n) is 15.5. The molecule has 1 aliphatic heterocycles. The predicted octanol–water partition coefficient (Wildman–Crippen LogP) is 10.0. The molecule has 43 heavy (non-hydrogen) atoms. The Morgan fingerprint density at radius 2 is 1.63 bits per heavy atom. The van der Waals surface area contributed by atoms with Crippen molar-refractivity contribution in [1.29, 1.82) is 0 Å². The molecule has 0 fully saturated rings. The second-order valence-corrected chi connectivity index (χ2v) is 11.4. The molecule has 0 radical (unpaired) electrons. The molecule has 2 N–H and O–H groups in total. The quantitative estimate of drug-likeness (QED) is 0.303. The molecule has 2 aromatic carbocycles. The van der Waals surface area contributed by atoms with Gasteiger partial charge >= 0.3 is 0 Å². The zero-order chi connectivity index (χ0) is 32.2. The molecular formula is C39H53FN3+. The summed E-state index contributed by atoms with van der Waals surface area (Å²) in [6, 6.07) is 17.5. The second-order valence-electron chi connectivity index (χ2n) is 11.4. The molecule has 0 aromatic heterocycles. The molecule has 1 atom stereocenters. The standard InChI is InChI=1S/C27H33N2.C10H14FN.C2H6/c1-7-20(3)26-17-24(25-12-10-9-11-21(25)4)18-27(29(26,5)6)28-19-23-15-13-22(8-2)14-16-23;1-7(2)12-9-5-4-8(3)10(11)6-9;1-2/h7,9-18,28H,1,8,19H2,2-6H3;5-6,8,12H,1,4H2,2-3H3;1-2H3/q+1;;/b26-20-;;. The van der Waals surface area contributed by atoms with Crippen molar-refractivity contribution in [1.82, 2.24) is 10.6 Å². The maximum absolute atomic E-state index is 13.0. The number of allylic oxidation sites excluding steroid dienone is 9. The number of hydrogen-bond acceptors (Lipinski definition) is 2. The van der Waals surface area contributed by atoms with Crippen LogP contribution < -0.4 is 10.6 Å². The topological polar surface area (TPSA) is 24.1 Å². The fourth-order valence-corrected chi connectivity index (χ4v) is 4.93. The summed E-state index contributed by atoms with van der Waals surface area (Å²) >= 11 is 0. The molecule has 0 amide bonds. The number of aryl methyl sites for hydroxylation is 2. The maximum atomic E-state index is 13.0. The molecule has 4 heteroatoms. The van der Waals surface area contributed by atoms with Crippen molar-refractivity contribution in [2.45, 2.75) is 67.9 Å². The third kappa shape index (κ3) is 9.83. The van der Waals surface area contributed by atoms with Gasteiger partial charge in [-0.25, -0.2) is 8.87 Å². The number of benzene rings is 2. The van der Waals surface area contributed by atoms with Gasteiger partial charge < -0.3 is 10.6 Å². The molecule has 2 aromatic rings. The third-order valence-corrected chi connectivity index (χ3v) is 7.67. The van der Waals surface area contributed by atoms with Crippen LogP contribution >= 0.6 is 0 Å². The van der Waals surface area contributed by atoms with Gasteiger partial charge in [-0.2, -0.15) is 0 Å². The Hall–Kier alpha value is -3.89. The first kappa shape index (κ1) is 35.3. The van der Waals surface area contributed by atoms with Crippen molar-refractivity contribution in [2.24, 2.45) is 5.92 Å². The molecular weight excluding hydrogens is 529 g/mol. The smallest absolute Gasteiger partial charge is 0.206 e. The van der Waals surface area contributed by atoms with Gasteiger partial charge in [-0.15, -0.1) is 0 Å². The van der Waals surface area contributed by atoms with Gasteiger partial charge in [0.2, 0.25) is 5.82 Å². The lowest BCUT2D eigenvalue weighted by atomic mass is 9.95. The summed E-state index contributed by atoms with van der Waals surface area (Å²) in [6.07, 6.45) is 11.9. The van der Waals surface area contributed by atoms with Crippen LogP contribution in [0.25, 0.3) is 5.57 Å². The summed E-state index contributed by atoms with van der Waals surface area (Å²) in [5, 5.41) is 6.70. The first-order chi connectivity index (χ1) is 20.5. The molecule has 2 aliphatic rings. The highest BCUT2D eigenvalue weighted by Gasteiger charge is 2.32. The van der Waals surface area contributed by atoms with E-state index in [1.807, 2.05) is 39.8 Å². The normalized spacial score (nSPS) is 18.1. The highest BCUT2D eigenvalue weighted by Crippen LogP contribution is 2.35. The Bertz CT molecular complexity index is 1410. The summed E-state index contributed by atoms with van der Waals surface area (Å²) in [6.45, 7) is 22.7. The van der Waals surface area contributed by atoms with Gasteiger partial charge in [-0.3, -0.25) is 0 Å². The molecule has 230 valence electrons. The van der Waals surface area contributed by atoms with E-state index in [9.17, 15) is 4.39 Å². The average Bonchev–Trinajstić information content (AvgIpc) is 2.99. The lowest BCUT2D eigenvalue weighted by Crippen LogP contribution is -2.44. The van der Waals surface area contributed by atoms with Crippen LogP contribution in [0, 0.1) is 12.8 Å². The van der Waals surface area contributed by atoms with E-state index in [4.69, 9.17) is 0 Å². The number of nitrogens with zero attached hydrogens (tertiary/aromatic N) is 1. The van der Waals surface area contributed by atoms with Gasteiger partial charge in [0.15, 0.2) is 0 Å². The van der Waals surface area contributed by atoms with Crippen molar-refractivity contribution in [3.63, 3.8) is 0 Å². The molecule has 0 bridgehead atoms. The van der Waals surface area contributed by atoms with Crippen LogP contribution in [0.3, 0.4) is 0 Å². The lowest BCUT2D eigenvalue weighted by molar-refractivity contribution is -0.814. The largest absolute Gasteiger partial charge is 0.360 e. The summed E-state index contributed by atoms with van der Waals surface area (Å²) in [7, 11) is 4.46. The zero-order valence-electron chi connectivity index (χ0n) is 27.9. The van der Waals surface area contributed by atoms with E-state index < -0.39 is 0 Å². The molecule has 0 spiro atoms. The van der Waals surface area contributed by atoms with Crippen molar-refractivity contribution in [2.75, 3.05) is 14.1 Å². The van der Waals surface area contributed by atoms with Crippen molar-refractivity contribution in [3.05, 3.63) is 149 Å². The SMILES string of the molecule is C=C(C)NC1=CCC(C)C(F)=C1.C=C/C(C)=C1/C=C(c2ccccc2C)C=C(NCc2ccc(CC)cc2)[N+]1(C)C.CC. The highest BCUT2D eigenvalue weighted by atomic mass is 19.1. The average molecular weight is 583 g/mol. The van der Waals surface area contributed by atoms with E-state index in [-0.39, 0.29) is 11.7 Å². The van der Waals surface area contributed by atoms with Gasteiger partial charge in [-0.05, 0) is 67.5 Å². The number of quaternary nitrogens is 1. The molecule has 0 saturated carbocycles. The fourth-order valence-electron chi connectivity index (χ4n) is 4.93. The summed E-state index contributed by atoms with van der Waals surface area (Å²) in [5.74, 6) is 1.16. The van der Waals surface area contributed by atoms with Crippen LogP contribution in [0.5, 0.6) is 0 Å². The van der Waals surface area contributed by atoms with E-state index in [0.717, 1.165) is 30.8 Å². The molecule has 4 rings (SSSR count). The summed E-state index contributed by atoms with van der Waals surface area (Å²) in [4.78, 5) is 0. The van der Waals surface area contributed by atoms with Crippen molar-refractivity contribution < 1.29 is 8.87 Å². The van der Waals surface area contributed by atoms with Gasteiger partial charge in [0.1, 0.15) is 11.5 Å². The predicted molar refractivity (Wildman–Crippen MR) is 185 cm³/mol. The minimum Gasteiger partial charge on any atom is -0.360 e. The minimum atomic E-state index is -0.0544. The van der Waals surface area contributed by atoms with E-state index in [2.05, 4.69) is 119 Å². The van der Waals surface area contributed by atoms with Gasteiger partial charge in [0, 0.05) is 41.6 Å². The molecule has 1 unspecified atom stereocenters. The Labute approximate surface area is 261 Å². The van der Waals surface area contributed by atoms with Crippen LogP contribution in [-0.4, -0.2) is 18.6 Å². The fraction of sp³-hybridized carbons (Fsp3) is 0.333. The Morgan fingerprint density at radius 1 is 1.00 bits per heavy atom. The van der Waals surface area contributed by atoms with Gasteiger partial charge in [0.25, 0.3) is 0 Å². The number of likely N-dealkylation sites (N-methyl/N-ethyl adjacent to an activating group) is 1. The van der Waals surface area contributed by atoms with Crippen molar-refractivity contribution in [3.8, 4) is 0 Å². The van der Waals surface area contributed by atoms with Crippen LogP contribution in [0.15, 0.2) is 126 Å². The van der Waals surface area contributed by atoms with E-state index >= 15 is 0 Å². The second kappa shape index (κ2) is 16.7. The van der Waals surface area contributed by atoms with Gasteiger partial charge in [0.05, 0.1) is 14.1 Å². The molecule has 1 aliphatic carbocycles. The number of nitrogens with one attached hydrogen (secondary N) is 2. The summed E-state index contributed by atoms with van der Waals surface area (Å²) < 4.78 is 13.7. The highest BCUT2D eigenvalue weighted by molar-refractivity contribution is 5.79.